The highest BCUT2D eigenvalue weighted by Crippen LogP contribution is 2.59. The highest BCUT2D eigenvalue weighted by atomic mass is 32.1. The van der Waals surface area contributed by atoms with Gasteiger partial charge < -0.3 is 9.80 Å². The van der Waals surface area contributed by atoms with Crippen LogP contribution < -0.4 is 26.2 Å². The Hall–Kier alpha value is -5.06. The van der Waals surface area contributed by atoms with E-state index in [4.69, 9.17) is 0 Å². The first-order chi connectivity index (χ1) is 33.4. The van der Waals surface area contributed by atoms with Crippen molar-refractivity contribution in [3.05, 3.63) is 148 Å². The molecule has 1 saturated carbocycles. The van der Waals surface area contributed by atoms with Crippen LogP contribution in [-0.4, -0.2) is 6.71 Å². The third-order valence-electron chi connectivity index (χ3n) is 20.0. The molecule has 0 atom stereocenters. The molecule has 2 nitrogen and oxygen atoms in total. The fourth-order valence-corrected chi connectivity index (χ4v) is 16.2. The molecular weight excluding hydrogens is 876 g/mol. The fourth-order valence-electron chi connectivity index (χ4n) is 14.9. The largest absolute Gasteiger partial charge is 0.311 e. The summed E-state index contributed by atoms with van der Waals surface area (Å²) in [5.74, 6) is 0. The molecule has 1 fully saturated rings. The standard InChI is InChI=1S/C67H75BN2S/c1-40-32-55-59-56(33-40)70(54-38-49-48(64(9,10)26-27-65(49,11)12)36-44(54)41-18-16-15-17-19-41)53-23-20-42(61(2,3)4)34-52(53)68(59)58-45-37-50-51(67(14)30-28-66(50,13)29-31-67)39-57(45)71-60(58)69(55)43-21-22-46-47(35-43)63(7,8)25-24-62(46,5)6/h15-23,32-39H,24-31H2,1-14H3. The zero-order chi connectivity index (χ0) is 49.7. The molecule has 7 aromatic rings. The van der Waals surface area contributed by atoms with Gasteiger partial charge in [0.25, 0.3) is 6.71 Å². The van der Waals surface area contributed by atoms with Gasteiger partial charge in [-0.1, -0.05) is 139 Å². The van der Waals surface area contributed by atoms with E-state index in [1.165, 1.54) is 156 Å². The maximum atomic E-state index is 2.75. The normalized spacial score (nSPS) is 23.7. The topological polar surface area (TPSA) is 6.48 Å². The third-order valence-corrected chi connectivity index (χ3v) is 21.1. The van der Waals surface area contributed by atoms with Crippen LogP contribution in [0, 0.1) is 6.92 Å². The number of hydrogen-bond acceptors (Lipinski definition) is 3. The summed E-state index contributed by atoms with van der Waals surface area (Å²) in [6.45, 7) is 34.6. The van der Waals surface area contributed by atoms with Crippen LogP contribution in [0.25, 0.3) is 21.2 Å². The zero-order valence-electron chi connectivity index (χ0n) is 45.4. The predicted octanol–water partition coefficient (Wildman–Crippen LogP) is 17.1. The van der Waals surface area contributed by atoms with Crippen LogP contribution in [0.5, 0.6) is 0 Å². The van der Waals surface area contributed by atoms with Gasteiger partial charge in [0.05, 0.1) is 10.7 Å². The molecule has 14 rings (SSSR count). The van der Waals surface area contributed by atoms with Crippen molar-refractivity contribution < 1.29 is 0 Å². The quantitative estimate of drug-likeness (QED) is 0.163. The van der Waals surface area contributed by atoms with Crippen LogP contribution in [-0.2, 0) is 37.9 Å². The van der Waals surface area contributed by atoms with Crippen LogP contribution >= 0.6 is 11.3 Å². The molecule has 0 amide bonds. The summed E-state index contributed by atoms with van der Waals surface area (Å²) in [6, 6.07) is 42.4. The van der Waals surface area contributed by atoms with E-state index in [0.29, 0.717) is 0 Å². The predicted molar refractivity (Wildman–Crippen MR) is 308 cm³/mol. The van der Waals surface area contributed by atoms with Crippen LogP contribution in [0.2, 0.25) is 0 Å². The summed E-state index contributed by atoms with van der Waals surface area (Å²) in [5.41, 5.74) is 26.2. The molecule has 0 unspecified atom stereocenters. The Kier molecular flexibility index (Phi) is 9.40. The second-order valence-corrected chi connectivity index (χ2v) is 28.8. The van der Waals surface area contributed by atoms with E-state index in [-0.39, 0.29) is 44.6 Å². The summed E-state index contributed by atoms with van der Waals surface area (Å²) in [5, 5.41) is 2.87. The lowest BCUT2D eigenvalue weighted by molar-refractivity contribution is 0.188. The van der Waals surface area contributed by atoms with E-state index in [9.17, 15) is 0 Å². The maximum absolute atomic E-state index is 2.75. The molecule has 2 bridgehead atoms. The molecule has 3 heterocycles. The molecule has 5 aliphatic carbocycles. The van der Waals surface area contributed by atoms with Crippen molar-refractivity contribution in [3.63, 3.8) is 0 Å². The number of hydrogen-bond donors (Lipinski definition) is 0. The summed E-state index contributed by atoms with van der Waals surface area (Å²) in [6.07, 6.45) is 9.89. The molecule has 6 aromatic carbocycles. The lowest BCUT2D eigenvalue weighted by atomic mass is 9.33. The van der Waals surface area contributed by atoms with Crippen molar-refractivity contribution in [3.8, 4) is 11.1 Å². The van der Waals surface area contributed by atoms with E-state index < -0.39 is 0 Å². The first kappa shape index (κ1) is 45.8. The van der Waals surface area contributed by atoms with Gasteiger partial charge in [-0.15, -0.1) is 11.3 Å². The van der Waals surface area contributed by atoms with Crippen molar-refractivity contribution >= 4 is 78.0 Å². The SMILES string of the molecule is Cc1cc2c3c(c1)N(c1ccc4c(c1)C(C)(C)CCC4(C)C)c1sc4cc5c(cc4c1B3c1cc(C(C)(C)C)ccc1N2c1cc2c(cc1-c1ccccc1)C(C)(C)CCC2(C)C)C1(C)CCC5(C)CC1. The van der Waals surface area contributed by atoms with Gasteiger partial charge >= 0.3 is 0 Å². The highest BCUT2D eigenvalue weighted by Gasteiger charge is 2.51. The molecule has 7 aliphatic rings. The van der Waals surface area contributed by atoms with Crippen LogP contribution in [0.1, 0.15) is 186 Å². The van der Waals surface area contributed by atoms with E-state index in [1.54, 1.807) is 11.1 Å². The number of benzene rings is 6. The van der Waals surface area contributed by atoms with Gasteiger partial charge in [0.2, 0.25) is 0 Å². The Morgan fingerprint density at radius 1 is 0.479 bits per heavy atom. The van der Waals surface area contributed by atoms with E-state index in [1.807, 2.05) is 0 Å². The minimum Gasteiger partial charge on any atom is -0.311 e. The molecule has 362 valence electrons. The maximum Gasteiger partial charge on any atom is 0.254 e. The molecule has 0 N–H and O–H groups in total. The molecule has 0 saturated heterocycles. The van der Waals surface area contributed by atoms with Gasteiger partial charge in [-0.3, -0.25) is 0 Å². The van der Waals surface area contributed by atoms with Gasteiger partial charge in [0.15, 0.2) is 0 Å². The molecule has 0 radical (unpaired) electrons. The van der Waals surface area contributed by atoms with Crippen molar-refractivity contribution in [2.75, 3.05) is 9.80 Å². The summed E-state index contributed by atoms with van der Waals surface area (Å²) >= 11 is 2.06. The minimum absolute atomic E-state index is 0.0286. The van der Waals surface area contributed by atoms with E-state index >= 15 is 0 Å². The monoisotopic (exact) mass is 951 g/mol. The Labute approximate surface area is 430 Å². The van der Waals surface area contributed by atoms with Gasteiger partial charge in [0.1, 0.15) is 0 Å². The molecular formula is C67H75BN2S. The highest BCUT2D eigenvalue weighted by molar-refractivity contribution is 7.26. The molecule has 1 aromatic heterocycles. The summed E-state index contributed by atoms with van der Waals surface area (Å²) in [4.78, 5) is 5.49. The second kappa shape index (κ2) is 14.6. The van der Waals surface area contributed by atoms with Gasteiger partial charge in [-0.2, -0.15) is 0 Å². The number of nitrogens with zero attached hydrogens (tertiary/aromatic N) is 2. The minimum atomic E-state index is -0.0286. The molecule has 4 heteroatoms. The van der Waals surface area contributed by atoms with Crippen molar-refractivity contribution in [2.24, 2.45) is 0 Å². The molecule has 2 aliphatic heterocycles. The second-order valence-electron chi connectivity index (χ2n) is 27.7. The number of aryl methyl sites for hydroxylation is 1. The van der Waals surface area contributed by atoms with Crippen LogP contribution in [0.3, 0.4) is 0 Å². The molecule has 71 heavy (non-hydrogen) atoms. The lowest BCUT2D eigenvalue weighted by Crippen LogP contribution is -2.61. The Balaban J connectivity index is 1.17. The van der Waals surface area contributed by atoms with E-state index in [0.717, 1.165) is 0 Å². The number of thiophene rings is 1. The first-order valence-electron chi connectivity index (χ1n) is 27.3. The number of anilines is 6. The first-order valence-corrected chi connectivity index (χ1v) is 28.1. The van der Waals surface area contributed by atoms with Crippen molar-refractivity contribution in [2.45, 2.75) is 186 Å². The number of fused-ring (bicyclic) bond motifs is 10. The lowest BCUT2D eigenvalue weighted by Gasteiger charge is -2.52. The average Bonchev–Trinajstić information content (AvgIpc) is 3.69. The van der Waals surface area contributed by atoms with Crippen molar-refractivity contribution in [1.82, 2.24) is 0 Å². The Morgan fingerprint density at radius 3 is 1.66 bits per heavy atom. The number of rotatable bonds is 3. The van der Waals surface area contributed by atoms with Crippen molar-refractivity contribution in [1.29, 1.82) is 0 Å². The van der Waals surface area contributed by atoms with Gasteiger partial charge in [-0.05, 0) is 223 Å². The average molecular weight is 951 g/mol. The zero-order valence-corrected chi connectivity index (χ0v) is 46.2. The summed E-state index contributed by atoms with van der Waals surface area (Å²) < 4.78 is 1.45. The Bertz CT molecular complexity index is 3420. The van der Waals surface area contributed by atoms with Crippen LogP contribution in [0.4, 0.5) is 33.4 Å². The molecule has 0 spiro atoms. The fraction of sp³-hybridized carbons (Fsp3) is 0.433. The van der Waals surface area contributed by atoms with Gasteiger partial charge in [-0.25, -0.2) is 0 Å². The smallest absolute Gasteiger partial charge is 0.254 e. The third kappa shape index (κ3) is 6.50. The summed E-state index contributed by atoms with van der Waals surface area (Å²) in [7, 11) is 0. The van der Waals surface area contributed by atoms with E-state index in [2.05, 4.69) is 221 Å². The Morgan fingerprint density at radius 2 is 1.04 bits per heavy atom. The van der Waals surface area contributed by atoms with Gasteiger partial charge in [0, 0.05) is 33.0 Å². The van der Waals surface area contributed by atoms with Crippen LogP contribution in [0.15, 0.2) is 103 Å².